The summed E-state index contributed by atoms with van der Waals surface area (Å²) in [6, 6.07) is 11.5. The summed E-state index contributed by atoms with van der Waals surface area (Å²) in [6.45, 7) is 5.41. The van der Waals surface area contributed by atoms with Crippen LogP contribution in [0.5, 0.6) is 5.75 Å². The zero-order chi connectivity index (χ0) is 18.6. The number of rotatable bonds is 5. The number of benzene rings is 1. The Hall–Kier alpha value is -2.83. The van der Waals surface area contributed by atoms with Crippen LogP contribution >= 0.6 is 0 Å². The van der Waals surface area contributed by atoms with Crippen LogP contribution in [0.2, 0.25) is 0 Å². The summed E-state index contributed by atoms with van der Waals surface area (Å²) >= 11 is 0. The lowest BCUT2D eigenvalue weighted by molar-refractivity contribution is 0.208. The molecule has 0 bridgehead atoms. The third kappa shape index (κ3) is 4.30. The van der Waals surface area contributed by atoms with E-state index >= 15 is 0 Å². The summed E-state index contributed by atoms with van der Waals surface area (Å²) in [5.41, 5.74) is 1.87. The van der Waals surface area contributed by atoms with Gasteiger partial charge in [-0.25, -0.2) is 4.79 Å². The predicted octanol–water partition coefficient (Wildman–Crippen LogP) is 3.11. The number of hydrogen-bond donors (Lipinski definition) is 1. The van der Waals surface area contributed by atoms with Crippen LogP contribution in [-0.2, 0) is 0 Å². The van der Waals surface area contributed by atoms with Crippen molar-refractivity contribution in [1.29, 1.82) is 0 Å². The largest absolute Gasteiger partial charge is 0.494 e. The molecule has 1 aliphatic carbocycles. The number of hydrogen-bond acceptors (Lipinski definition) is 5. The molecule has 0 radical (unpaired) electrons. The van der Waals surface area contributed by atoms with E-state index in [1.54, 1.807) is 0 Å². The minimum Gasteiger partial charge on any atom is -0.494 e. The smallest absolute Gasteiger partial charge is 0.321 e. The Kier molecular flexibility index (Phi) is 5.09. The van der Waals surface area contributed by atoms with Crippen LogP contribution in [0.1, 0.15) is 31.4 Å². The normalized spacial score (nSPS) is 16.9. The number of carbonyl (C=O) groups excluding carboxylic acids is 1. The van der Waals surface area contributed by atoms with Gasteiger partial charge in [0.1, 0.15) is 5.75 Å². The van der Waals surface area contributed by atoms with Gasteiger partial charge in [0.2, 0.25) is 0 Å². The van der Waals surface area contributed by atoms with Crippen molar-refractivity contribution in [3.63, 3.8) is 0 Å². The SMILES string of the molecule is CCOc1ccc(NC(=O)N2CCN(c3ccc(C4CC4)nn3)CC2)cc1. The number of amides is 2. The van der Waals surface area contributed by atoms with Crippen LogP contribution in [-0.4, -0.2) is 53.9 Å². The predicted molar refractivity (Wildman–Crippen MR) is 104 cm³/mol. The molecule has 1 saturated heterocycles. The molecule has 0 spiro atoms. The van der Waals surface area contributed by atoms with Gasteiger partial charge in [0.05, 0.1) is 12.3 Å². The van der Waals surface area contributed by atoms with Crippen LogP contribution in [0.15, 0.2) is 36.4 Å². The summed E-state index contributed by atoms with van der Waals surface area (Å²) in [6.07, 6.45) is 2.46. The second-order valence-electron chi connectivity index (χ2n) is 6.95. The van der Waals surface area contributed by atoms with Crippen LogP contribution in [0, 0.1) is 0 Å². The zero-order valence-corrected chi connectivity index (χ0v) is 15.6. The first kappa shape index (κ1) is 17.6. The van der Waals surface area contributed by atoms with E-state index in [0.29, 0.717) is 25.6 Å². The standard InChI is InChI=1S/C20H25N5O2/c1-2-27-17-7-5-16(6-8-17)21-20(26)25-13-11-24(12-14-25)19-10-9-18(22-23-19)15-3-4-15/h5-10,15H,2-4,11-14H2,1H3,(H,21,26). The van der Waals surface area contributed by atoms with Gasteiger partial charge < -0.3 is 19.9 Å². The number of piperazine rings is 1. The Morgan fingerprint density at radius 3 is 2.41 bits per heavy atom. The van der Waals surface area contributed by atoms with Crippen molar-refractivity contribution in [3.05, 3.63) is 42.1 Å². The molecule has 1 N–H and O–H groups in total. The molecule has 2 aromatic rings. The first-order valence-corrected chi connectivity index (χ1v) is 9.60. The Balaban J connectivity index is 1.28. The zero-order valence-electron chi connectivity index (χ0n) is 15.6. The molecule has 1 aromatic carbocycles. The molecule has 0 atom stereocenters. The highest BCUT2D eigenvalue weighted by atomic mass is 16.5. The van der Waals surface area contributed by atoms with E-state index in [0.717, 1.165) is 36.0 Å². The Morgan fingerprint density at radius 2 is 1.81 bits per heavy atom. The fraction of sp³-hybridized carbons (Fsp3) is 0.450. The fourth-order valence-corrected chi connectivity index (χ4v) is 3.24. The third-order valence-corrected chi connectivity index (χ3v) is 4.97. The van der Waals surface area contributed by atoms with Gasteiger partial charge in [0.15, 0.2) is 5.82 Å². The highest BCUT2D eigenvalue weighted by Crippen LogP contribution is 2.38. The molecule has 0 unspecified atom stereocenters. The van der Waals surface area contributed by atoms with Crippen molar-refractivity contribution in [2.24, 2.45) is 0 Å². The summed E-state index contributed by atoms with van der Waals surface area (Å²) in [5.74, 6) is 2.32. The van der Waals surface area contributed by atoms with Crippen LogP contribution in [0.25, 0.3) is 0 Å². The van der Waals surface area contributed by atoms with Crippen molar-refractivity contribution in [2.75, 3.05) is 43.0 Å². The van der Waals surface area contributed by atoms with Gasteiger partial charge in [-0.05, 0) is 56.2 Å². The van der Waals surface area contributed by atoms with Crippen LogP contribution in [0.4, 0.5) is 16.3 Å². The van der Waals surface area contributed by atoms with E-state index < -0.39 is 0 Å². The van der Waals surface area contributed by atoms with E-state index in [9.17, 15) is 4.79 Å². The van der Waals surface area contributed by atoms with Crippen molar-refractivity contribution in [1.82, 2.24) is 15.1 Å². The fourth-order valence-electron chi connectivity index (χ4n) is 3.24. The minimum atomic E-state index is -0.0750. The van der Waals surface area contributed by atoms with Crippen LogP contribution in [0.3, 0.4) is 0 Å². The average Bonchev–Trinajstić information content (AvgIpc) is 3.55. The van der Waals surface area contributed by atoms with Gasteiger partial charge in [-0.2, -0.15) is 5.10 Å². The summed E-state index contributed by atoms with van der Waals surface area (Å²) in [4.78, 5) is 16.5. The maximum Gasteiger partial charge on any atom is 0.321 e. The van der Waals surface area contributed by atoms with Gasteiger partial charge in [-0.3, -0.25) is 0 Å². The lowest BCUT2D eigenvalue weighted by Crippen LogP contribution is -2.50. The number of aromatic nitrogens is 2. The van der Waals surface area contributed by atoms with E-state index in [2.05, 4.69) is 32.5 Å². The number of urea groups is 1. The average molecular weight is 367 g/mol. The van der Waals surface area contributed by atoms with Gasteiger partial charge in [0.25, 0.3) is 0 Å². The van der Waals surface area contributed by atoms with Crippen LogP contribution < -0.4 is 15.0 Å². The molecule has 2 fully saturated rings. The number of ether oxygens (including phenoxy) is 1. The van der Waals surface area contributed by atoms with Crippen molar-refractivity contribution in [2.45, 2.75) is 25.7 Å². The summed E-state index contributed by atoms with van der Waals surface area (Å²) in [5, 5.41) is 11.7. The maximum atomic E-state index is 12.5. The van der Waals surface area contributed by atoms with Gasteiger partial charge >= 0.3 is 6.03 Å². The number of nitrogens with zero attached hydrogens (tertiary/aromatic N) is 4. The quantitative estimate of drug-likeness (QED) is 0.879. The molecule has 7 nitrogen and oxygen atoms in total. The molecule has 2 aliphatic rings. The highest BCUT2D eigenvalue weighted by Gasteiger charge is 2.26. The molecule has 2 heterocycles. The van der Waals surface area contributed by atoms with E-state index in [1.165, 1.54) is 12.8 Å². The van der Waals surface area contributed by atoms with E-state index in [1.807, 2.05) is 36.1 Å². The number of anilines is 2. The molecule has 4 rings (SSSR count). The van der Waals surface area contributed by atoms with Gasteiger partial charge in [-0.1, -0.05) is 0 Å². The number of carbonyl (C=O) groups is 1. The third-order valence-electron chi connectivity index (χ3n) is 4.97. The molecule has 7 heteroatoms. The summed E-state index contributed by atoms with van der Waals surface area (Å²) in [7, 11) is 0. The van der Waals surface area contributed by atoms with Crippen molar-refractivity contribution >= 4 is 17.5 Å². The molecular weight excluding hydrogens is 342 g/mol. The Bertz CT molecular complexity index is 766. The molecular formula is C20H25N5O2. The Labute approximate surface area is 159 Å². The molecule has 142 valence electrons. The Morgan fingerprint density at radius 1 is 1.07 bits per heavy atom. The topological polar surface area (TPSA) is 70.6 Å². The van der Waals surface area contributed by atoms with Gasteiger partial charge in [-0.15, -0.1) is 5.10 Å². The molecule has 2 amide bonds. The second kappa shape index (κ2) is 7.82. The van der Waals surface area contributed by atoms with Gasteiger partial charge in [0, 0.05) is 37.8 Å². The van der Waals surface area contributed by atoms with Crippen molar-refractivity contribution in [3.8, 4) is 5.75 Å². The first-order chi connectivity index (χ1) is 13.2. The van der Waals surface area contributed by atoms with E-state index in [-0.39, 0.29) is 6.03 Å². The minimum absolute atomic E-state index is 0.0750. The number of nitrogens with one attached hydrogen (secondary N) is 1. The second-order valence-corrected chi connectivity index (χ2v) is 6.95. The van der Waals surface area contributed by atoms with E-state index in [4.69, 9.17) is 4.74 Å². The molecule has 1 aromatic heterocycles. The lowest BCUT2D eigenvalue weighted by Gasteiger charge is -2.35. The monoisotopic (exact) mass is 367 g/mol. The molecule has 1 saturated carbocycles. The van der Waals surface area contributed by atoms with Crippen molar-refractivity contribution < 1.29 is 9.53 Å². The lowest BCUT2D eigenvalue weighted by atomic mass is 10.2. The first-order valence-electron chi connectivity index (χ1n) is 9.60. The maximum absolute atomic E-state index is 12.5. The molecule has 1 aliphatic heterocycles. The summed E-state index contributed by atoms with van der Waals surface area (Å²) < 4.78 is 5.42. The highest BCUT2D eigenvalue weighted by molar-refractivity contribution is 5.89. The molecule has 27 heavy (non-hydrogen) atoms.